The fraction of sp³-hybridized carbons (Fsp3) is 0.333. The third kappa shape index (κ3) is 3.51. The zero-order valence-electron chi connectivity index (χ0n) is 11.3. The number of nitrogens with zero attached hydrogens (tertiary/aromatic N) is 2. The van der Waals surface area contributed by atoms with E-state index in [4.69, 9.17) is 10.5 Å². The van der Waals surface area contributed by atoms with E-state index in [-0.39, 0.29) is 6.04 Å². The minimum Gasteiger partial charge on any atom is -0.492 e. The number of aromatic nitrogens is 2. The zero-order chi connectivity index (χ0) is 13.7. The van der Waals surface area contributed by atoms with Gasteiger partial charge < -0.3 is 10.5 Å². The van der Waals surface area contributed by atoms with Crippen molar-refractivity contribution in [1.29, 1.82) is 0 Å². The van der Waals surface area contributed by atoms with Crippen molar-refractivity contribution in [2.75, 3.05) is 6.61 Å². The Morgan fingerprint density at radius 2 is 1.79 bits per heavy atom. The van der Waals surface area contributed by atoms with Crippen molar-refractivity contribution < 1.29 is 4.74 Å². The quantitative estimate of drug-likeness (QED) is 0.894. The first-order valence-corrected chi connectivity index (χ1v) is 6.45. The molecule has 4 heteroatoms. The van der Waals surface area contributed by atoms with Crippen LogP contribution in [0, 0.1) is 6.92 Å². The second kappa shape index (κ2) is 6.29. The molecule has 0 aliphatic carbocycles. The monoisotopic (exact) mass is 257 g/mol. The smallest absolute Gasteiger partial charge is 0.137 e. The molecule has 0 aliphatic rings. The third-order valence-electron chi connectivity index (χ3n) is 2.82. The Morgan fingerprint density at radius 1 is 1.11 bits per heavy atom. The van der Waals surface area contributed by atoms with Crippen LogP contribution in [0.15, 0.2) is 36.9 Å². The van der Waals surface area contributed by atoms with E-state index in [2.05, 4.69) is 16.9 Å². The molecule has 2 N–H and O–H groups in total. The number of pyridine rings is 2. The molecule has 19 heavy (non-hydrogen) atoms. The van der Waals surface area contributed by atoms with Gasteiger partial charge in [-0.25, -0.2) is 0 Å². The van der Waals surface area contributed by atoms with Gasteiger partial charge in [0.15, 0.2) is 0 Å². The molecule has 2 heterocycles. The molecule has 0 radical (unpaired) electrons. The highest BCUT2D eigenvalue weighted by atomic mass is 16.5. The summed E-state index contributed by atoms with van der Waals surface area (Å²) in [5.41, 5.74) is 9.26. The number of nitrogens with two attached hydrogens (primary N) is 1. The maximum atomic E-state index is 6.25. The van der Waals surface area contributed by atoms with Crippen LogP contribution in [0.25, 0.3) is 0 Å². The highest BCUT2D eigenvalue weighted by Crippen LogP contribution is 2.22. The number of hydrogen-bond donors (Lipinski definition) is 1. The van der Waals surface area contributed by atoms with Gasteiger partial charge in [-0.1, -0.05) is 13.0 Å². The number of aryl methyl sites for hydroxylation is 1. The van der Waals surface area contributed by atoms with Crippen molar-refractivity contribution in [3.8, 4) is 5.75 Å². The summed E-state index contributed by atoms with van der Waals surface area (Å²) in [5, 5.41) is 0. The van der Waals surface area contributed by atoms with Gasteiger partial charge in [0.25, 0.3) is 0 Å². The van der Waals surface area contributed by atoms with Crippen molar-refractivity contribution in [3.05, 3.63) is 53.6 Å². The molecule has 4 nitrogen and oxygen atoms in total. The molecule has 0 saturated heterocycles. The molecular weight excluding hydrogens is 238 g/mol. The highest BCUT2D eigenvalue weighted by molar-refractivity contribution is 5.33. The van der Waals surface area contributed by atoms with Crippen LogP contribution in [-0.4, -0.2) is 16.6 Å². The van der Waals surface area contributed by atoms with Crippen molar-refractivity contribution in [1.82, 2.24) is 9.97 Å². The topological polar surface area (TPSA) is 61.0 Å². The predicted molar refractivity (Wildman–Crippen MR) is 75.0 cm³/mol. The summed E-state index contributed by atoms with van der Waals surface area (Å²) in [6, 6.07) is 3.75. The van der Waals surface area contributed by atoms with Crippen molar-refractivity contribution >= 4 is 0 Å². The van der Waals surface area contributed by atoms with E-state index in [0.717, 1.165) is 28.9 Å². The van der Waals surface area contributed by atoms with Gasteiger partial charge in [0, 0.05) is 18.6 Å². The molecule has 1 unspecified atom stereocenters. The van der Waals surface area contributed by atoms with Gasteiger partial charge >= 0.3 is 0 Å². The summed E-state index contributed by atoms with van der Waals surface area (Å²) < 4.78 is 5.57. The molecule has 0 spiro atoms. The standard InChI is InChI=1S/C15H19N3O/c1-3-4-19-14-6-13(9-18-10-14)15(16)12-5-11(2)7-17-8-12/h5-10,15H,3-4,16H2,1-2H3. The van der Waals surface area contributed by atoms with E-state index in [1.165, 1.54) is 0 Å². The molecule has 2 aromatic heterocycles. The maximum absolute atomic E-state index is 6.25. The molecule has 0 aliphatic heterocycles. The summed E-state index contributed by atoms with van der Waals surface area (Å²) >= 11 is 0. The van der Waals surface area contributed by atoms with Crippen LogP contribution in [0.1, 0.15) is 36.1 Å². The SMILES string of the molecule is CCCOc1cncc(C(N)c2cncc(C)c2)c1. The maximum Gasteiger partial charge on any atom is 0.137 e. The first-order valence-electron chi connectivity index (χ1n) is 6.45. The molecule has 100 valence electrons. The summed E-state index contributed by atoms with van der Waals surface area (Å²) in [7, 11) is 0. The summed E-state index contributed by atoms with van der Waals surface area (Å²) in [6.07, 6.45) is 8.05. The minimum atomic E-state index is -0.231. The molecule has 0 amide bonds. The van der Waals surface area contributed by atoms with Gasteiger partial charge in [-0.2, -0.15) is 0 Å². The molecule has 2 aromatic rings. The average molecular weight is 257 g/mol. The van der Waals surface area contributed by atoms with Gasteiger partial charge in [-0.05, 0) is 36.1 Å². The summed E-state index contributed by atoms with van der Waals surface area (Å²) in [6.45, 7) is 4.76. The third-order valence-corrected chi connectivity index (χ3v) is 2.82. The van der Waals surface area contributed by atoms with E-state index < -0.39 is 0 Å². The van der Waals surface area contributed by atoms with Crippen LogP contribution in [0.3, 0.4) is 0 Å². The van der Waals surface area contributed by atoms with E-state index in [1.54, 1.807) is 18.6 Å². The lowest BCUT2D eigenvalue weighted by Crippen LogP contribution is -2.13. The van der Waals surface area contributed by atoms with Gasteiger partial charge in [0.2, 0.25) is 0 Å². The Morgan fingerprint density at radius 3 is 2.47 bits per heavy atom. The lowest BCUT2D eigenvalue weighted by Gasteiger charge is -2.13. The van der Waals surface area contributed by atoms with Crippen LogP contribution in [0.5, 0.6) is 5.75 Å². The largest absolute Gasteiger partial charge is 0.492 e. The Hall–Kier alpha value is -1.94. The molecule has 2 rings (SSSR count). The summed E-state index contributed by atoms with van der Waals surface area (Å²) in [5.74, 6) is 0.760. The van der Waals surface area contributed by atoms with Gasteiger partial charge in [0.05, 0.1) is 18.8 Å². The van der Waals surface area contributed by atoms with Gasteiger partial charge in [-0.15, -0.1) is 0 Å². The van der Waals surface area contributed by atoms with Crippen LogP contribution in [0.4, 0.5) is 0 Å². The van der Waals surface area contributed by atoms with E-state index in [0.29, 0.717) is 6.61 Å². The fourth-order valence-corrected chi connectivity index (χ4v) is 1.85. The second-order valence-corrected chi connectivity index (χ2v) is 4.58. The van der Waals surface area contributed by atoms with E-state index in [1.807, 2.05) is 25.3 Å². The average Bonchev–Trinajstić information content (AvgIpc) is 2.44. The number of ether oxygens (including phenoxy) is 1. The predicted octanol–water partition coefficient (Wildman–Crippen LogP) is 2.62. The Balaban J connectivity index is 2.21. The normalized spacial score (nSPS) is 12.2. The van der Waals surface area contributed by atoms with Gasteiger partial charge in [0.1, 0.15) is 5.75 Å². The first kappa shape index (κ1) is 13.5. The van der Waals surface area contributed by atoms with Crippen molar-refractivity contribution in [2.24, 2.45) is 5.73 Å². The number of hydrogen-bond acceptors (Lipinski definition) is 4. The first-order chi connectivity index (χ1) is 9.20. The van der Waals surface area contributed by atoms with Crippen LogP contribution in [0.2, 0.25) is 0 Å². The lowest BCUT2D eigenvalue weighted by molar-refractivity contribution is 0.315. The fourth-order valence-electron chi connectivity index (χ4n) is 1.85. The molecule has 0 bridgehead atoms. The molecular formula is C15H19N3O. The Labute approximate surface area is 113 Å². The van der Waals surface area contributed by atoms with E-state index in [9.17, 15) is 0 Å². The Bertz CT molecular complexity index is 542. The molecule has 0 saturated carbocycles. The molecule has 0 fully saturated rings. The van der Waals surface area contributed by atoms with E-state index >= 15 is 0 Å². The zero-order valence-corrected chi connectivity index (χ0v) is 11.3. The van der Waals surface area contributed by atoms with Crippen molar-refractivity contribution in [2.45, 2.75) is 26.3 Å². The van der Waals surface area contributed by atoms with Gasteiger partial charge in [-0.3, -0.25) is 9.97 Å². The summed E-state index contributed by atoms with van der Waals surface area (Å²) in [4.78, 5) is 8.35. The molecule has 1 atom stereocenters. The lowest BCUT2D eigenvalue weighted by atomic mass is 10.0. The van der Waals surface area contributed by atoms with Crippen LogP contribution >= 0.6 is 0 Å². The van der Waals surface area contributed by atoms with Crippen LogP contribution < -0.4 is 10.5 Å². The Kier molecular flexibility index (Phi) is 4.47. The van der Waals surface area contributed by atoms with Crippen molar-refractivity contribution in [3.63, 3.8) is 0 Å². The minimum absolute atomic E-state index is 0.231. The van der Waals surface area contributed by atoms with Crippen LogP contribution in [-0.2, 0) is 0 Å². The number of rotatable bonds is 5. The highest BCUT2D eigenvalue weighted by Gasteiger charge is 2.11. The molecule has 0 aromatic carbocycles. The second-order valence-electron chi connectivity index (χ2n) is 4.58.